The minimum absolute atomic E-state index is 0.121. The van der Waals surface area contributed by atoms with Gasteiger partial charge in [-0.3, -0.25) is 0 Å². The van der Waals surface area contributed by atoms with E-state index in [4.69, 9.17) is 18.9 Å². The van der Waals surface area contributed by atoms with Crippen LogP contribution in [0.4, 0.5) is 0 Å². The second-order valence-electron chi connectivity index (χ2n) is 10.6. The van der Waals surface area contributed by atoms with Crippen LogP contribution in [-0.2, 0) is 48.6 Å². The molecule has 0 radical (unpaired) electrons. The monoisotopic (exact) mass is 598 g/mol. The Balaban J connectivity index is 1.48. The number of aryl methyl sites for hydroxylation is 1. The number of sulfone groups is 1. The van der Waals surface area contributed by atoms with Gasteiger partial charge >= 0.3 is 0 Å². The van der Waals surface area contributed by atoms with E-state index in [0.29, 0.717) is 18.8 Å². The molecule has 1 fully saturated rings. The molecule has 4 aromatic carbocycles. The first-order chi connectivity index (χ1) is 21.0. The molecule has 0 N–H and O–H groups in total. The Hall–Kier alpha value is -3.59. The molecule has 1 unspecified atom stereocenters. The molecule has 0 spiro atoms. The second-order valence-corrected chi connectivity index (χ2v) is 12.6. The standard InChI is InChI=1S/C36H38O6S/c1-3-32-34(40-24-29-15-9-5-10-16-29)35(41-25-30-17-11-6-12-18-30)33(26-39-23-28-13-7-4-8-14-28)42-36(32)43(37,38)31-21-19-27(2)20-22-31/h3-22,33-36H,23-26H2,1-2H3/b32-3+/t33-,34-,35-,36?/m1/s1. The Bertz CT molecular complexity index is 1550. The van der Waals surface area contributed by atoms with E-state index in [1.54, 1.807) is 30.3 Å². The van der Waals surface area contributed by atoms with E-state index in [1.165, 1.54) is 0 Å². The summed E-state index contributed by atoms with van der Waals surface area (Å²) < 4.78 is 53.9. The van der Waals surface area contributed by atoms with E-state index in [2.05, 4.69) is 0 Å². The van der Waals surface area contributed by atoms with Gasteiger partial charge in [0.05, 0.1) is 31.3 Å². The van der Waals surface area contributed by atoms with Crippen molar-refractivity contribution >= 4 is 9.84 Å². The highest BCUT2D eigenvalue weighted by Crippen LogP contribution is 2.36. The molecule has 0 saturated carbocycles. The molecule has 7 heteroatoms. The molecule has 1 saturated heterocycles. The summed E-state index contributed by atoms with van der Waals surface area (Å²) in [6.45, 7) is 4.80. The molecule has 0 bridgehead atoms. The zero-order valence-corrected chi connectivity index (χ0v) is 25.4. The van der Waals surface area contributed by atoms with E-state index < -0.39 is 33.6 Å². The topological polar surface area (TPSA) is 71.1 Å². The van der Waals surface area contributed by atoms with Crippen molar-refractivity contribution in [3.63, 3.8) is 0 Å². The summed E-state index contributed by atoms with van der Waals surface area (Å²) in [5.41, 5.74) is 3.19. The van der Waals surface area contributed by atoms with Crippen LogP contribution < -0.4 is 0 Å². The Morgan fingerprint density at radius 2 is 1.21 bits per heavy atom. The van der Waals surface area contributed by atoms with Crippen LogP contribution in [0, 0.1) is 6.92 Å². The third-order valence-electron chi connectivity index (χ3n) is 7.48. The van der Waals surface area contributed by atoms with Gasteiger partial charge in [0.1, 0.15) is 18.3 Å². The Labute approximate surface area is 254 Å². The maximum Gasteiger partial charge on any atom is 0.209 e. The first-order valence-corrected chi connectivity index (χ1v) is 16.0. The van der Waals surface area contributed by atoms with Gasteiger partial charge in [-0.1, -0.05) is 115 Å². The van der Waals surface area contributed by atoms with Crippen molar-refractivity contribution in [2.24, 2.45) is 0 Å². The van der Waals surface area contributed by atoms with Gasteiger partial charge in [-0.15, -0.1) is 0 Å². The summed E-state index contributed by atoms with van der Waals surface area (Å²) in [4.78, 5) is 0.192. The lowest BCUT2D eigenvalue weighted by molar-refractivity contribution is -0.182. The SMILES string of the molecule is C/C=C1/C(S(=O)(=O)c2ccc(C)cc2)O[C@H](COCc2ccccc2)[C@@H](OCc2ccccc2)[C@@H]1OCc1ccccc1. The molecule has 1 aliphatic rings. The van der Waals surface area contributed by atoms with E-state index in [0.717, 1.165) is 22.3 Å². The molecule has 1 heterocycles. The van der Waals surface area contributed by atoms with Crippen LogP contribution in [0.5, 0.6) is 0 Å². The molecule has 0 aliphatic carbocycles. The maximum atomic E-state index is 14.1. The van der Waals surface area contributed by atoms with Crippen LogP contribution in [0.1, 0.15) is 29.2 Å². The summed E-state index contributed by atoms with van der Waals surface area (Å²) in [6.07, 6.45) is -0.262. The van der Waals surface area contributed by atoms with E-state index in [9.17, 15) is 8.42 Å². The minimum Gasteiger partial charge on any atom is -0.374 e. The zero-order valence-electron chi connectivity index (χ0n) is 24.5. The summed E-state index contributed by atoms with van der Waals surface area (Å²) in [5.74, 6) is 0. The summed E-state index contributed by atoms with van der Waals surface area (Å²) in [7, 11) is -3.94. The van der Waals surface area contributed by atoms with E-state index in [-0.39, 0.29) is 18.1 Å². The molecular formula is C36H38O6S. The zero-order chi connectivity index (χ0) is 30.1. The van der Waals surface area contributed by atoms with Crippen LogP contribution in [-0.4, -0.2) is 38.8 Å². The fraction of sp³-hybridized carbons (Fsp3) is 0.278. The van der Waals surface area contributed by atoms with Crippen LogP contribution in [0.25, 0.3) is 0 Å². The highest BCUT2D eigenvalue weighted by molar-refractivity contribution is 7.92. The fourth-order valence-corrected chi connectivity index (χ4v) is 6.83. The molecule has 224 valence electrons. The Morgan fingerprint density at radius 1 is 0.698 bits per heavy atom. The molecule has 5 rings (SSSR count). The predicted molar refractivity (Wildman–Crippen MR) is 167 cm³/mol. The van der Waals surface area contributed by atoms with Crippen LogP contribution in [0.3, 0.4) is 0 Å². The summed E-state index contributed by atoms with van der Waals surface area (Å²) >= 11 is 0. The normalized spacial score (nSPS) is 21.6. The summed E-state index contributed by atoms with van der Waals surface area (Å²) in [5, 5.41) is 0. The molecule has 4 atom stereocenters. The molecule has 0 amide bonds. The van der Waals surface area contributed by atoms with Crippen LogP contribution in [0.2, 0.25) is 0 Å². The van der Waals surface area contributed by atoms with Gasteiger partial charge < -0.3 is 18.9 Å². The lowest BCUT2D eigenvalue weighted by atomic mass is 9.96. The highest BCUT2D eigenvalue weighted by atomic mass is 32.2. The third kappa shape index (κ3) is 7.88. The molecule has 1 aliphatic heterocycles. The number of allylic oxidation sites excluding steroid dienone is 1. The van der Waals surface area contributed by atoms with Gasteiger partial charge in [0.15, 0.2) is 5.44 Å². The first kappa shape index (κ1) is 30.9. The van der Waals surface area contributed by atoms with Crippen molar-refractivity contribution in [1.29, 1.82) is 0 Å². The third-order valence-corrected chi connectivity index (χ3v) is 9.36. The first-order valence-electron chi connectivity index (χ1n) is 14.5. The van der Waals surface area contributed by atoms with Crippen molar-refractivity contribution in [1.82, 2.24) is 0 Å². The van der Waals surface area contributed by atoms with E-state index in [1.807, 2.05) is 105 Å². The lowest BCUT2D eigenvalue weighted by Crippen LogP contribution is -2.55. The van der Waals surface area contributed by atoms with Gasteiger partial charge in [-0.05, 0) is 42.7 Å². The quantitative estimate of drug-likeness (QED) is 0.167. The van der Waals surface area contributed by atoms with Gasteiger partial charge in [0.25, 0.3) is 0 Å². The smallest absolute Gasteiger partial charge is 0.209 e. The lowest BCUT2D eigenvalue weighted by Gasteiger charge is -2.43. The molecule has 4 aromatic rings. The van der Waals surface area contributed by atoms with Crippen molar-refractivity contribution in [3.05, 3.63) is 149 Å². The number of hydrogen-bond donors (Lipinski definition) is 0. The van der Waals surface area contributed by atoms with Crippen molar-refractivity contribution < 1.29 is 27.4 Å². The van der Waals surface area contributed by atoms with Gasteiger partial charge in [-0.25, -0.2) is 8.42 Å². The highest BCUT2D eigenvalue weighted by Gasteiger charge is 2.48. The molecular weight excluding hydrogens is 560 g/mol. The van der Waals surface area contributed by atoms with E-state index >= 15 is 0 Å². The number of ether oxygens (including phenoxy) is 4. The summed E-state index contributed by atoms with van der Waals surface area (Å²) in [6, 6.07) is 36.3. The molecule has 0 aromatic heterocycles. The predicted octanol–water partition coefficient (Wildman–Crippen LogP) is 6.83. The van der Waals surface area contributed by atoms with Gasteiger partial charge in [0, 0.05) is 5.57 Å². The van der Waals surface area contributed by atoms with Gasteiger partial charge in [-0.2, -0.15) is 0 Å². The Morgan fingerprint density at radius 3 is 1.74 bits per heavy atom. The van der Waals surface area contributed by atoms with Crippen molar-refractivity contribution in [2.45, 2.75) is 62.3 Å². The van der Waals surface area contributed by atoms with Crippen LogP contribution in [0.15, 0.2) is 132 Å². The largest absolute Gasteiger partial charge is 0.374 e. The molecule has 43 heavy (non-hydrogen) atoms. The minimum atomic E-state index is -3.94. The average molecular weight is 599 g/mol. The van der Waals surface area contributed by atoms with Crippen molar-refractivity contribution in [2.75, 3.05) is 6.61 Å². The number of hydrogen-bond acceptors (Lipinski definition) is 6. The van der Waals surface area contributed by atoms with Crippen molar-refractivity contribution in [3.8, 4) is 0 Å². The van der Waals surface area contributed by atoms with Crippen LogP contribution >= 0.6 is 0 Å². The maximum absolute atomic E-state index is 14.1. The second kappa shape index (κ2) is 14.7. The number of rotatable bonds is 12. The average Bonchev–Trinajstić information content (AvgIpc) is 3.04. The fourth-order valence-electron chi connectivity index (χ4n) is 5.15. The Kier molecular flexibility index (Phi) is 10.6. The molecule has 6 nitrogen and oxygen atoms in total. The number of benzene rings is 4. The van der Waals surface area contributed by atoms with Gasteiger partial charge in [0.2, 0.25) is 9.84 Å².